The maximum absolute atomic E-state index is 6.28. The van der Waals surface area contributed by atoms with Crippen molar-refractivity contribution in [1.82, 2.24) is 15.1 Å². The molecule has 0 atom stereocenters. The Labute approximate surface area is 115 Å². The molecule has 1 rings (SSSR count). The fraction of sp³-hybridized carbons (Fsp3) is 0.769. The molecule has 0 bridgehead atoms. The van der Waals surface area contributed by atoms with Crippen molar-refractivity contribution < 1.29 is 4.74 Å². The van der Waals surface area contributed by atoms with Crippen LogP contribution in [0.3, 0.4) is 0 Å². The highest BCUT2D eigenvalue weighted by atomic mass is 35.5. The number of ether oxygens (including phenoxy) is 1. The first kappa shape index (κ1) is 15.5. The van der Waals surface area contributed by atoms with Crippen LogP contribution < -0.4 is 5.32 Å². The Balaban J connectivity index is 2.81. The third-order valence-corrected chi connectivity index (χ3v) is 3.40. The number of methoxy groups -OCH3 is 1. The Hall–Kier alpha value is -0.580. The molecular formula is C13H24ClN3O. The molecule has 18 heavy (non-hydrogen) atoms. The largest absolute Gasteiger partial charge is 0.383 e. The fourth-order valence-corrected chi connectivity index (χ4v) is 2.48. The van der Waals surface area contributed by atoms with E-state index in [2.05, 4.69) is 31.2 Å². The molecule has 0 aromatic carbocycles. The van der Waals surface area contributed by atoms with E-state index in [1.165, 1.54) is 0 Å². The van der Waals surface area contributed by atoms with Crippen LogP contribution in [-0.2, 0) is 16.7 Å². The zero-order chi connectivity index (χ0) is 13.6. The van der Waals surface area contributed by atoms with Crippen molar-refractivity contribution in [3.63, 3.8) is 0 Å². The van der Waals surface area contributed by atoms with Crippen molar-refractivity contribution in [1.29, 1.82) is 0 Å². The van der Waals surface area contributed by atoms with Gasteiger partial charge < -0.3 is 10.1 Å². The zero-order valence-electron chi connectivity index (χ0n) is 11.8. The van der Waals surface area contributed by atoms with Gasteiger partial charge in [-0.3, -0.25) is 4.68 Å². The lowest BCUT2D eigenvalue weighted by Crippen LogP contribution is -2.28. The number of halogens is 1. The Morgan fingerprint density at radius 1 is 1.50 bits per heavy atom. The van der Waals surface area contributed by atoms with Gasteiger partial charge in [0.1, 0.15) is 0 Å². The second-order valence-electron chi connectivity index (χ2n) is 5.04. The molecule has 0 radical (unpaired) electrons. The lowest BCUT2D eigenvalue weighted by atomic mass is 9.85. The van der Waals surface area contributed by atoms with Gasteiger partial charge in [-0.05, 0) is 19.5 Å². The average Bonchev–Trinajstić information content (AvgIpc) is 2.68. The minimum atomic E-state index is 0.00347. The van der Waals surface area contributed by atoms with Gasteiger partial charge in [0.2, 0.25) is 0 Å². The first-order valence-corrected chi connectivity index (χ1v) is 6.82. The third kappa shape index (κ3) is 3.97. The van der Waals surface area contributed by atoms with E-state index in [1.54, 1.807) is 13.3 Å². The van der Waals surface area contributed by atoms with Crippen LogP contribution in [0.15, 0.2) is 6.20 Å². The molecule has 104 valence electrons. The predicted molar refractivity (Wildman–Crippen MR) is 75.3 cm³/mol. The molecule has 0 amide bonds. The standard InChI is InChI=1S/C13H24ClN3O/c1-5-15-7-6-13(2,3)12-11(14)10-16-17(12)8-9-18-4/h10,15H,5-9H2,1-4H3. The summed E-state index contributed by atoms with van der Waals surface area (Å²) in [6, 6.07) is 0. The fourth-order valence-electron chi connectivity index (χ4n) is 2.08. The molecule has 0 fully saturated rings. The Kier molecular flexibility index (Phi) is 6.12. The summed E-state index contributed by atoms with van der Waals surface area (Å²) in [6.07, 6.45) is 2.75. The van der Waals surface area contributed by atoms with E-state index in [9.17, 15) is 0 Å². The molecule has 1 aromatic heterocycles. The van der Waals surface area contributed by atoms with E-state index >= 15 is 0 Å². The highest BCUT2D eigenvalue weighted by Gasteiger charge is 2.27. The molecule has 0 aliphatic rings. The van der Waals surface area contributed by atoms with Crippen molar-refractivity contribution in [2.24, 2.45) is 0 Å². The van der Waals surface area contributed by atoms with Crippen molar-refractivity contribution in [3.05, 3.63) is 16.9 Å². The summed E-state index contributed by atoms with van der Waals surface area (Å²) in [7, 11) is 1.70. The summed E-state index contributed by atoms with van der Waals surface area (Å²) in [5, 5.41) is 8.43. The van der Waals surface area contributed by atoms with Gasteiger partial charge in [-0.25, -0.2) is 0 Å². The maximum Gasteiger partial charge on any atom is 0.0823 e. The van der Waals surface area contributed by atoms with Crippen LogP contribution >= 0.6 is 11.6 Å². The van der Waals surface area contributed by atoms with Gasteiger partial charge in [0, 0.05) is 12.5 Å². The van der Waals surface area contributed by atoms with Gasteiger partial charge >= 0.3 is 0 Å². The highest BCUT2D eigenvalue weighted by molar-refractivity contribution is 6.31. The van der Waals surface area contributed by atoms with E-state index < -0.39 is 0 Å². The van der Waals surface area contributed by atoms with Crippen LogP contribution in [0.1, 0.15) is 32.9 Å². The smallest absolute Gasteiger partial charge is 0.0823 e. The van der Waals surface area contributed by atoms with Gasteiger partial charge in [0.15, 0.2) is 0 Å². The molecule has 0 unspecified atom stereocenters. The van der Waals surface area contributed by atoms with Crippen molar-refractivity contribution in [3.8, 4) is 0 Å². The summed E-state index contributed by atoms with van der Waals surface area (Å²) < 4.78 is 7.06. The normalized spacial score (nSPS) is 12.1. The Bertz CT molecular complexity index is 363. The second kappa shape index (κ2) is 7.12. The van der Waals surface area contributed by atoms with E-state index in [0.29, 0.717) is 6.61 Å². The molecule has 4 nitrogen and oxygen atoms in total. The minimum Gasteiger partial charge on any atom is -0.383 e. The first-order chi connectivity index (χ1) is 8.53. The van der Waals surface area contributed by atoms with E-state index in [4.69, 9.17) is 16.3 Å². The predicted octanol–water partition coefficient (Wildman–Crippen LogP) is 2.46. The molecule has 0 saturated heterocycles. The van der Waals surface area contributed by atoms with Crippen LogP contribution in [0.2, 0.25) is 5.02 Å². The van der Waals surface area contributed by atoms with Gasteiger partial charge in [0.25, 0.3) is 0 Å². The quantitative estimate of drug-likeness (QED) is 0.740. The molecule has 0 spiro atoms. The molecule has 1 aromatic rings. The van der Waals surface area contributed by atoms with E-state index in [0.717, 1.165) is 36.8 Å². The van der Waals surface area contributed by atoms with Crippen LogP contribution in [0.4, 0.5) is 0 Å². The van der Waals surface area contributed by atoms with Crippen molar-refractivity contribution in [2.45, 2.75) is 39.2 Å². The Morgan fingerprint density at radius 3 is 2.83 bits per heavy atom. The van der Waals surface area contributed by atoms with Crippen molar-refractivity contribution >= 4 is 11.6 Å². The van der Waals surface area contributed by atoms with Crippen LogP contribution in [0, 0.1) is 0 Å². The lowest BCUT2D eigenvalue weighted by molar-refractivity contribution is 0.180. The molecule has 1 heterocycles. The SMILES string of the molecule is CCNCCC(C)(C)c1c(Cl)cnn1CCOC. The van der Waals surface area contributed by atoms with Gasteiger partial charge in [-0.2, -0.15) is 5.10 Å². The monoisotopic (exact) mass is 273 g/mol. The molecule has 0 saturated carbocycles. The molecule has 5 heteroatoms. The molecule has 0 aliphatic heterocycles. The Morgan fingerprint density at radius 2 is 2.22 bits per heavy atom. The first-order valence-electron chi connectivity index (χ1n) is 6.44. The van der Waals surface area contributed by atoms with E-state index in [1.807, 2.05) is 4.68 Å². The van der Waals surface area contributed by atoms with Gasteiger partial charge in [-0.15, -0.1) is 0 Å². The minimum absolute atomic E-state index is 0.00347. The highest BCUT2D eigenvalue weighted by Crippen LogP contribution is 2.32. The van der Waals surface area contributed by atoms with Crippen molar-refractivity contribution in [2.75, 3.05) is 26.8 Å². The number of hydrogen-bond acceptors (Lipinski definition) is 3. The topological polar surface area (TPSA) is 39.1 Å². The number of nitrogens with one attached hydrogen (secondary N) is 1. The molecule has 0 aliphatic carbocycles. The number of aromatic nitrogens is 2. The summed E-state index contributed by atoms with van der Waals surface area (Å²) in [5.41, 5.74) is 1.10. The van der Waals surface area contributed by atoms with E-state index in [-0.39, 0.29) is 5.41 Å². The van der Waals surface area contributed by atoms with Crippen LogP contribution in [0.25, 0.3) is 0 Å². The van der Waals surface area contributed by atoms with Crippen LogP contribution in [0.5, 0.6) is 0 Å². The van der Waals surface area contributed by atoms with Gasteiger partial charge in [0.05, 0.1) is 30.1 Å². The summed E-state index contributed by atoms with van der Waals surface area (Å²) in [6.45, 7) is 9.88. The maximum atomic E-state index is 6.28. The molecular weight excluding hydrogens is 250 g/mol. The second-order valence-corrected chi connectivity index (χ2v) is 5.45. The zero-order valence-corrected chi connectivity index (χ0v) is 12.5. The summed E-state index contributed by atoms with van der Waals surface area (Å²) >= 11 is 6.28. The molecule has 1 N–H and O–H groups in total. The van der Waals surface area contributed by atoms with Gasteiger partial charge in [-0.1, -0.05) is 32.4 Å². The summed E-state index contributed by atoms with van der Waals surface area (Å²) in [4.78, 5) is 0. The average molecular weight is 274 g/mol. The number of nitrogens with zero attached hydrogens (tertiary/aromatic N) is 2. The number of rotatable bonds is 8. The number of hydrogen-bond donors (Lipinski definition) is 1. The third-order valence-electron chi connectivity index (χ3n) is 3.12. The summed E-state index contributed by atoms with van der Waals surface area (Å²) in [5.74, 6) is 0. The van der Waals surface area contributed by atoms with Crippen LogP contribution in [-0.4, -0.2) is 36.6 Å². The lowest BCUT2D eigenvalue weighted by Gasteiger charge is -2.26.